The van der Waals surface area contributed by atoms with Gasteiger partial charge < -0.3 is 10.6 Å². The van der Waals surface area contributed by atoms with E-state index in [4.69, 9.17) is 18.0 Å². The molecule has 1 rings (SSSR count). The third-order valence-corrected chi connectivity index (χ3v) is 2.11. The number of hydrogen-bond donors (Lipinski definition) is 1. The second-order valence-corrected chi connectivity index (χ2v) is 3.89. The molecule has 4 heteroatoms. The normalized spacial score (nSPS) is 15.8. The summed E-state index contributed by atoms with van der Waals surface area (Å²) in [4.78, 5) is 13.3. The van der Waals surface area contributed by atoms with Gasteiger partial charge in [-0.25, -0.2) is 0 Å². The Morgan fingerprint density at radius 3 is 2.67 bits per heavy atom. The fourth-order valence-electron chi connectivity index (χ4n) is 1.05. The maximum atomic E-state index is 11.3. The third-order valence-electron chi connectivity index (χ3n) is 1.98. The predicted octanol–water partition coefficient (Wildman–Crippen LogP) is 0.531. The zero-order chi connectivity index (χ0) is 9.14. The van der Waals surface area contributed by atoms with E-state index < -0.39 is 0 Å². The number of nitrogens with zero attached hydrogens (tertiary/aromatic N) is 1. The lowest BCUT2D eigenvalue weighted by Gasteiger charge is -2.15. The van der Waals surface area contributed by atoms with Gasteiger partial charge in [0.25, 0.3) is 0 Å². The third kappa shape index (κ3) is 3.17. The number of likely N-dealkylation sites (N-methyl/N-ethyl adjacent to an activating group) is 1. The van der Waals surface area contributed by atoms with Gasteiger partial charge in [0.1, 0.15) is 0 Å². The van der Waals surface area contributed by atoms with Gasteiger partial charge in [-0.2, -0.15) is 0 Å². The van der Waals surface area contributed by atoms with Crippen molar-refractivity contribution in [1.29, 1.82) is 0 Å². The van der Waals surface area contributed by atoms with Gasteiger partial charge in [-0.3, -0.25) is 4.79 Å². The van der Waals surface area contributed by atoms with Crippen molar-refractivity contribution < 1.29 is 4.79 Å². The minimum atomic E-state index is 0.158. The van der Waals surface area contributed by atoms with Crippen LogP contribution in [0.2, 0.25) is 0 Å². The fraction of sp³-hybridized carbons (Fsp3) is 0.750. The zero-order valence-corrected chi connectivity index (χ0v) is 8.06. The Bertz CT molecular complexity index is 201. The van der Waals surface area contributed by atoms with Crippen LogP contribution in [-0.2, 0) is 4.79 Å². The van der Waals surface area contributed by atoms with Crippen LogP contribution in [0.25, 0.3) is 0 Å². The molecule has 0 radical (unpaired) electrons. The van der Waals surface area contributed by atoms with E-state index in [9.17, 15) is 4.79 Å². The molecule has 0 aromatic heterocycles. The number of carbonyl (C=O) groups excluding carboxylic acids is 1. The Kier molecular flexibility index (Phi) is 3.03. The van der Waals surface area contributed by atoms with E-state index in [1.807, 2.05) is 0 Å². The van der Waals surface area contributed by atoms with Crippen molar-refractivity contribution in [3.05, 3.63) is 0 Å². The van der Waals surface area contributed by atoms with E-state index in [2.05, 4.69) is 0 Å². The highest BCUT2D eigenvalue weighted by atomic mass is 32.1. The first-order valence-corrected chi connectivity index (χ1v) is 4.52. The second kappa shape index (κ2) is 3.85. The maximum Gasteiger partial charge on any atom is 0.222 e. The summed E-state index contributed by atoms with van der Waals surface area (Å²) in [5, 5.41) is 0. The molecular formula is C8H14N2OS. The molecule has 1 aliphatic carbocycles. The van der Waals surface area contributed by atoms with E-state index in [1.54, 1.807) is 11.9 Å². The standard InChI is InChI=1S/C8H14N2OS/c1-10(5-7(9)12)8(11)4-6-2-3-6/h6H,2-5H2,1H3,(H2,9,12). The van der Waals surface area contributed by atoms with E-state index in [0.717, 1.165) is 0 Å². The molecule has 0 aromatic rings. The SMILES string of the molecule is CN(CC(N)=S)C(=O)CC1CC1. The molecule has 1 amide bonds. The Balaban J connectivity index is 2.24. The van der Waals surface area contributed by atoms with E-state index >= 15 is 0 Å². The molecule has 0 atom stereocenters. The van der Waals surface area contributed by atoms with E-state index in [0.29, 0.717) is 23.9 Å². The largest absolute Gasteiger partial charge is 0.392 e. The van der Waals surface area contributed by atoms with Crippen molar-refractivity contribution in [1.82, 2.24) is 4.90 Å². The van der Waals surface area contributed by atoms with Crippen LogP contribution in [0, 0.1) is 5.92 Å². The number of thiocarbonyl (C=S) groups is 1. The Morgan fingerprint density at radius 1 is 1.67 bits per heavy atom. The lowest BCUT2D eigenvalue weighted by molar-refractivity contribution is -0.129. The number of amides is 1. The van der Waals surface area contributed by atoms with Crippen LogP contribution >= 0.6 is 12.2 Å². The average Bonchev–Trinajstić information content (AvgIpc) is 2.70. The predicted molar refractivity (Wildman–Crippen MR) is 51.8 cm³/mol. The first kappa shape index (κ1) is 9.45. The molecule has 1 saturated carbocycles. The summed E-state index contributed by atoms with van der Waals surface area (Å²) in [5.41, 5.74) is 5.32. The molecule has 0 aromatic carbocycles. The number of nitrogens with two attached hydrogens (primary N) is 1. The Labute approximate surface area is 77.9 Å². The first-order valence-electron chi connectivity index (χ1n) is 4.12. The summed E-state index contributed by atoms with van der Waals surface area (Å²) in [7, 11) is 1.74. The monoisotopic (exact) mass is 186 g/mol. The van der Waals surface area contributed by atoms with Crippen molar-refractivity contribution >= 4 is 23.1 Å². The molecule has 0 saturated heterocycles. The van der Waals surface area contributed by atoms with Gasteiger partial charge in [0.15, 0.2) is 0 Å². The van der Waals surface area contributed by atoms with E-state index in [-0.39, 0.29) is 5.91 Å². The van der Waals surface area contributed by atoms with Gasteiger partial charge in [-0.05, 0) is 18.8 Å². The lowest BCUT2D eigenvalue weighted by atomic mass is 10.2. The highest BCUT2D eigenvalue weighted by Gasteiger charge is 2.25. The van der Waals surface area contributed by atoms with Gasteiger partial charge in [0.2, 0.25) is 5.91 Å². The lowest BCUT2D eigenvalue weighted by Crippen LogP contribution is -2.34. The number of hydrogen-bond acceptors (Lipinski definition) is 2. The quantitative estimate of drug-likeness (QED) is 0.651. The molecule has 2 N–H and O–H groups in total. The van der Waals surface area contributed by atoms with Crippen LogP contribution in [0.3, 0.4) is 0 Å². The Morgan fingerprint density at radius 2 is 2.25 bits per heavy atom. The van der Waals surface area contributed by atoms with Gasteiger partial charge >= 0.3 is 0 Å². The van der Waals surface area contributed by atoms with Crippen LogP contribution in [0.1, 0.15) is 19.3 Å². The number of rotatable bonds is 4. The van der Waals surface area contributed by atoms with Crippen molar-refractivity contribution in [2.75, 3.05) is 13.6 Å². The van der Waals surface area contributed by atoms with Crippen molar-refractivity contribution in [3.63, 3.8) is 0 Å². The summed E-state index contributed by atoms with van der Waals surface area (Å²) in [5.74, 6) is 0.789. The van der Waals surface area contributed by atoms with Gasteiger partial charge in [0.05, 0.1) is 11.5 Å². The highest BCUT2D eigenvalue weighted by Crippen LogP contribution is 2.32. The van der Waals surface area contributed by atoms with Crippen LogP contribution in [0.5, 0.6) is 0 Å². The highest BCUT2D eigenvalue weighted by molar-refractivity contribution is 7.80. The fourth-order valence-corrected chi connectivity index (χ4v) is 1.24. The molecule has 0 unspecified atom stereocenters. The Hall–Kier alpha value is -0.640. The summed E-state index contributed by atoms with van der Waals surface area (Å²) >= 11 is 4.70. The van der Waals surface area contributed by atoms with Crippen LogP contribution < -0.4 is 5.73 Å². The van der Waals surface area contributed by atoms with Crippen molar-refractivity contribution in [2.45, 2.75) is 19.3 Å². The molecule has 1 aliphatic rings. The molecule has 0 bridgehead atoms. The molecule has 0 spiro atoms. The molecular weight excluding hydrogens is 172 g/mol. The van der Waals surface area contributed by atoms with Crippen LogP contribution in [0.4, 0.5) is 0 Å². The first-order chi connectivity index (χ1) is 5.59. The minimum absolute atomic E-state index is 0.158. The van der Waals surface area contributed by atoms with Gasteiger partial charge in [-0.1, -0.05) is 12.2 Å². The second-order valence-electron chi connectivity index (χ2n) is 3.36. The summed E-state index contributed by atoms with van der Waals surface area (Å²) in [6.07, 6.45) is 3.07. The minimum Gasteiger partial charge on any atom is -0.392 e. The van der Waals surface area contributed by atoms with Crippen LogP contribution in [-0.4, -0.2) is 29.4 Å². The smallest absolute Gasteiger partial charge is 0.222 e. The molecule has 0 aliphatic heterocycles. The molecule has 1 fully saturated rings. The van der Waals surface area contributed by atoms with Gasteiger partial charge in [-0.15, -0.1) is 0 Å². The molecule has 0 heterocycles. The maximum absolute atomic E-state index is 11.3. The van der Waals surface area contributed by atoms with Crippen molar-refractivity contribution in [3.8, 4) is 0 Å². The topological polar surface area (TPSA) is 46.3 Å². The summed E-state index contributed by atoms with van der Waals surface area (Å²) in [6.45, 7) is 0.404. The molecule has 12 heavy (non-hydrogen) atoms. The summed E-state index contributed by atoms with van der Waals surface area (Å²) < 4.78 is 0. The van der Waals surface area contributed by atoms with Crippen molar-refractivity contribution in [2.24, 2.45) is 11.7 Å². The number of carbonyl (C=O) groups is 1. The van der Waals surface area contributed by atoms with E-state index in [1.165, 1.54) is 12.8 Å². The average molecular weight is 186 g/mol. The van der Waals surface area contributed by atoms with Crippen LogP contribution in [0.15, 0.2) is 0 Å². The summed E-state index contributed by atoms with van der Waals surface area (Å²) in [6, 6.07) is 0. The van der Waals surface area contributed by atoms with Gasteiger partial charge in [0, 0.05) is 13.5 Å². The molecule has 3 nitrogen and oxygen atoms in total. The zero-order valence-electron chi connectivity index (χ0n) is 7.25. The molecule has 68 valence electrons.